The monoisotopic (exact) mass is 462 g/mol. The second kappa shape index (κ2) is 11.9. The largest absolute Gasteiger partial charge is 0.464 e. The van der Waals surface area contributed by atoms with Crippen LogP contribution in [0, 0.1) is 17.3 Å². The molecule has 1 amide bonds. The van der Waals surface area contributed by atoms with Crippen LogP contribution in [0.1, 0.15) is 52.9 Å². The number of carbonyl (C=O) groups excluding carboxylic acids is 2. The molecule has 1 atom stereocenters. The Morgan fingerprint density at radius 2 is 1.88 bits per heavy atom. The van der Waals surface area contributed by atoms with Crippen LogP contribution in [0.15, 0.2) is 42.5 Å². The topological polar surface area (TPSA) is 118 Å². The number of hydrogen-bond donors (Lipinski definition) is 3. The number of carbonyl (C=O) groups is 2. The Bertz CT molecular complexity index is 1100. The Balaban J connectivity index is 1.81. The van der Waals surface area contributed by atoms with Gasteiger partial charge in [0.05, 0.1) is 13.2 Å². The number of nitrogen functional groups attached to an aromatic ring is 1. The molecule has 8 nitrogen and oxygen atoms in total. The Morgan fingerprint density at radius 3 is 2.50 bits per heavy atom. The summed E-state index contributed by atoms with van der Waals surface area (Å²) in [4.78, 5) is 27.4. The minimum Gasteiger partial charge on any atom is -0.464 e. The number of hydrogen-bond acceptors (Lipinski definition) is 6. The summed E-state index contributed by atoms with van der Waals surface area (Å²) in [6.07, 6.45) is 0.933. The predicted molar refractivity (Wildman–Crippen MR) is 131 cm³/mol. The lowest BCUT2D eigenvalue weighted by Crippen LogP contribution is -2.30. The van der Waals surface area contributed by atoms with E-state index in [0.29, 0.717) is 41.9 Å². The van der Waals surface area contributed by atoms with Gasteiger partial charge in [-0.25, -0.2) is 4.79 Å². The first-order valence-electron chi connectivity index (χ1n) is 11.2. The second-order valence-electron chi connectivity index (χ2n) is 7.82. The number of nitrogens with two attached hydrogens (primary N) is 1. The Labute approximate surface area is 199 Å². The zero-order chi connectivity index (χ0) is 24.5. The van der Waals surface area contributed by atoms with Crippen LogP contribution in [0.4, 0.5) is 5.69 Å². The molecular formula is C26H30N4O4. The summed E-state index contributed by atoms with van der Waals surface area (Å²) in [7, 11) is 1.42. The third kappa shape index (κ3) is 6.15. The van der Waals surface area contributed by atoms with Gasteiger partial charge in [-0.05, 0) is 62.2 Å². The maximum absolute atomic E-state index is 13.1. The first-order chi connectivity index (χ1) is 16.4. The number of methoxy groups -OCH3 is 1. The molecule has 0 spiro atoms. The fourth-order valence-electron chi connectivity index (χ4n) is 3.77. The molecule has 0 saturated carbocycles. The van der Waals surface area contributed by atoms with Crippen molar-refractivity contribution in [3.63, 3.8) is 0 Å². The number of ether oxygens (including phenoxy) is 2. The highest BCUT2D eigenvalue weighted by atomic mass is 16.6. The molecule has 4 N–H and O–H groups in total. The van der Waals surface area contributed by atoms with E-state index in [0.717, 1.165) is 18.5 Å². The van der Waals surface area contributed by atoms with Crippen LogP contribution in [0.5, 0.6) is 0 Å². The quantitative estimate of drug-likeness (QED) is 0.240. The SMILES string of the molecule is CCOC(=O)C(OC)c1cc(C#CCNc2ccc(C(=N)N)cc2)ccc1C(=O)N1CCCC1. The van der Waals surface area contributed by atoms with E-state index in [1.165, 1.54) is 7.11 Å². The summed E-state index contributed by atoms with van der Waals surface area (Å²) in [5.41, 5.74) is 8.53. The lowest BCUT2D eigenvalue weighted by Gasteiger charge is -2.21. The molecule has 1 aliphatic rings. The number of nitrogens with zero attached hydrogens (tertiary/aromatic N) is 1. The number of anilines is 1. The fourth-order valence-corrected chi connectivity index (χ4v) is 3.77. The molecule has 0 radical (unpaired) electrons. The molecule has 0 bridgehead atoms. The van der Waals surface area contributed by atoms with Crippen molar-refractivity contribution in [3.05, 3.63) is 64.7 Å². The molecular weight excluding hydrogens is 432 g/mol. The van der Waals surface area contributed by atoms with Gasteiger partial charge in [-0.15, -0.1) is 0 Å². The number of rotatable bonds is 8. The first-order valence-corrected chi connectivity index (χ1v) is 11.2. The molecule has 1 aliphatic heterocycles. The number of benzene rings is 2. The van der Waals surface area contributed by atoms with Crippen LogP contribution < -0.4 is 11.1 Å². The van der Waals surface area contributed by atoms with Crippen LogP contribution in [0.2, 0.25) is 0 Å². The number of nitrogens with one attached hydrogen (secondary N) is 2. The summed E-state index contributed by atoms with van der Waals surface area (Å²) in [5.74, 6) is 5.48. The van der Waals surface area contributed by atoms with Gasteiger partial charge in [0.2, 0.25) is 0 Å². The molecule has 0 aromatic heterocycles. The van der Waals surface area contributed by atoms with Gasteiger partial charge >= 0.3 is 5.97 Å². The average Bonchev–Trinajstić information content (AvgIpc) is 3.38. The highest BCUT2D eigenvalue weighted by Gasteiger charge is 2.29. The van der Waals surface area contributed by atoms with Crippen molar-refractivity contribution in [1.82, 2.24) is 4.90 Å². The second-order valence-corrected chi connectivity index (χ2v) is 7.82. The minimum absolute atomic E-state index is 0.0194. The highest BCUT2D eigenvalue weighted by molar-refractivity contribution is 5.97. The van der Waals surface area contributed by atoms with Gasteiger partial charge in [-0.2, -0.15) is 0 Å². The number of amides is 1. The molecule has 34 heavy (non-hydrogen) atoms. The maximum Gasteiger partial charge on any atom is 0.339 e. The molecule has 2 aromatic carbocycles. The molecule has 1 saturated heterocycles. The molecule has 0 aliphatic carbocycles. The van der Waals surface area contributed by atoms with Crippen LogP contribution in [-0.4, -0.2) is 56.0 Å². The van der Waals surface area contributed by atoms with E-state index in [1.54, 1.807) is 42.2 Å². The van der Waals surface area contributed by atoms with Gasteiger partial charge in [0.25, 0.3) is 5.91 Å². The maximum atomic E-state index is 13.1. The van der Waals surface area contributed by atoms with E-state index >= 15 is 0 Å². The molecule has 8 heteroatoms. The number of amidine groups is 1. The molecule has 1 unspecified atom stereocenters. The van der Waals surface area contributed by atoms with E-state index in [2.05, 4.69) is 17.2 Å². The lowest BCUT2D eigenvalue weighted by molar-refractivity contribution is -0.155. The van der Waals surface area contributed by atoms with E-state index < -0.39 is 12.1 Å². The van der Waals surface area contributed by atoms with Crippen molar-refractivity contribution in [3.8, 4) is 11.8 Å². The smallest absolute Gasteiger partial charge is 0.339 e. The predicted octanol–water partition coefficient (Wildman–Crippen LogP) is 2.92. The summed E-state index contributed by atoms with van der Waals surface area (Å²) < 4.78 is 10.6. The molecule has 1 fully saturated rings. The van der Waals surface area contributed by atoms with Gasteiger partial charge in [0, 0.05) is 48.1 Å². The zero-order valence-corrected chi connectivity index (χ0v) is 19.5. The van der Waals surface area contributed by atoms with Crippen LogP contribution in [0.3, 0.4) is 0 Å². The Kier molecular flexibility index (Phi) is 8.66. The van der Waals surface area contributed by atoms with Gasteiger partial charge in [0.1, 0.15) is 5.84 Å². The van der Waals surface area contributed by atoms with E-state index in [4.69, 9.17) is 20.6 Å². The van der Waals surface area contributed by atoms with E-state index in [9.17, 15) is 9.59 Å². The van der Waals surface area contributed by atoms with Crippen LogP contribution in [0.25, 0.3) is 0 Å². The third-order valence-electron chi connectivity index (χ3n) is 5.50. The van der Waals surface area contributed by atoms with E-state index in [1.807, 2.05) is 12.1 Å². The molecule has 2 aromatic rings. The summed E-state index contributed by atoms with van der Waals surface area (Å²) in [6.45, 7) is 3.73. The van der Waals surface area contributed by atoms with Crippen molar-refractivity contribution in [2.24, 2.45) is 5.73 Å². The third-order valence-corrected chi connectivity index (χ3v) is 5.50. The summed E-state index contributed by atoms with van der Waals surface area (Å²) >= 11 is 0. The normalized spacial score (nSPS) is 13.5. The van der Waals surface area contributed by atoms with Crippen molar-refractivity contribution >= 4 is 23.4 Å². The average molecular weight is 463 g/mol. The number of likely N-dealkylation sites (tertiary alicyclic amines) is 1. The molecule has 178 valence electrons. The standard InChI is InChI=1S/C26H30N4O4/c1-3-34-26(32)23(33-2)22-17-18(8-13-21(22)25(31)30-15-4-5-16-30)7-6-14-29-20-11-9-19(10-12-20)24(27)28/h8-13,17,23,29H,3-5,14-16H2,1-2H3,(H3,27,28). The lowest BCUT2D eigenvalue weighted by atomic mass is 9.98. The Morgan fingerprint density at radius 1 is 1.18 bits per heavy atom. The first kappa shape index (κ1) is 24.8. The van der Waals surface area contributed by atoms with Crippen molar-refractivity contribution in [2.75, 3.05) is 38.7 Å². The van der Waals surface area contributed by atoms with Crippen molar-refractivity contribution in [1.29, 1.82) is 5.41 Å². The van der Waals surface area contributed by atoms with Crippen LogP contribution in [-0.2, 0) is 14.3 Å². The highest BCUT2D eigenvalue weighted by Crippen LogP contribution is 2.26. The van der Waals surface area contributed by atoms with Gasteiger partial charge in [0.15, 0.2) is 6.10 Å². The zero-order valence-electron chi connectivity index (χ0n) is 19.5. The molecule has 3 rings (SSSR count). The minimum atomic E-state index is -1.01. The van der Waals surface area contributed by atoms with Crippen molar-refractivity contribution in [2.45, 2.75) is 25.9 Å². The van der Waals surface area contributed by atoms with Crippen LogP contribution >= 0.6 is 0 Å². The summed E-state index contributed by atoms with van der Waals surface area (Å²) in [6, 6.07) is 12.4. The summed E-state index contributed by atoms with van der Waals surface area (Å²) in [5, 5.41) is 10.6. The van der Waals surface area contributed by atoms with E-state index in [-0.39, 0.29) is 18.3 Å². The van der Waals surface area contributed by atoms with Gasteiger partial charge in [-0.1, -0.05) is 11.8 Å². The van der Waals surface area contributed by atoms with Crippen molar-refractivity contribution < 1.29 is 19.1 Å². The molecule has 1 heterocycles. The van der Waals surface area contributed by atoms with Gasteiger partial charge in [-0.3, -0.25) is 10.2 Å². The van der Waals surface area contributed by atoms with Gasteiger partial charge < -0.3 is 25.4 Å². The fraction of sp³-hybridized carbons (Fsp3) is 0.346. The Hall–Kier alpha value is -3.83. The number of esters is 1.